The Morgan fingerprint density at radius 1 is 1.38 bits per heavy atom. The number of hydrogen-bond donors (Lipinski definition) is 0. The first-order valence-corrected chi connectivity index (χ1v) is 2.90. The molecule has 0 fully saturated rings. The van der Waals surface area contributed by atoms with Crippen molar-refractivity contribution in [3.63, 3.8) is 0 Å². The average Bonchev–Trinajstić information content (AvgIpc) is 1.61. The third-order valence-corrected chi connectivity index (χ3v) is 0.841. The number of hydrogen-bond acceptors (Lipinski definition) is 0. The minimum absolute atomic E-state index is 0. The van der Waals surface area contributed by atoms with Gasteiger partial charge in [0, 0.05) is 0 Å². The molecule has 0 aromatic rings. The van der Waals surface area contributed by atoms with Crippen LogP contribution < -0.4 is 0 Å². The van der Waals surface area contributed by atoms with Crippen LogP contribution in [0.15, 0.2) is 11.6 Å². The second kappa shape index (κ2) is 7.27. The molecule has 0 aromatic heterocycles. The molecule has 0 saturated heterocycles. The van der Waals surface area contributed by atoms with Crippen molar-refractivity contribution in [2.75, 3.05) is 0 Å². The van der Waals surface area contributed by atoms with Crippen molar-refractivity contribution in [1.29, 1.82) is 0 Å². The van der Waals surface area contributed by atoms with E-state index in [-0.39, 0.29) is 17.4 Å². The molecule has 0 N–H and O–H groups in total. The van der Waals surface area contributed by atoms with E-state index in [4.69, 9.17) is 0 Å². The summed E-state index contributed by atoms with van der Waals surface area (Å²) in [6, 6.07) is 0. The lowest BCUT2D eigenvalue weighted by Crippen LogP contribution is -1.64. The fourth-order valence-corrected chi connectivity index (χ4v) is 0.433. The topological polar surface area (TPSA) is 0 Å². The lowest BCUT2D eigenvalue weighted by atomic mass is 10.2. The fraction of sp³-hybridized carbons (Fsp3) is 0.714. The maximum Gasteiger partial charge on any atom is 0.187 e. The lowest BCUT2D eigenvalue weighted by Gasteiger charge is -1.85. The number of allylic oxidation sites excluding steroid dienone is 2. The van der Waals surface area contributed by atoms with Crippen molar-refractivity contribution in [2.24, 2.45) is 0 Å². The van der Waals surface area contributed by atoms with Crippen molar-refractivity contribution in [3.05, 3.63) is 11.6 Å². The quantitative estimate of drug-likeness (QED) is 0.391. The molecular formula is C7H17Al. The Kier molecular flexibility index (Phi) is 10.1. The van der Waals surface area contributed by atoms with Crippen molar-refractivity contribution in [3.8, 4) is 0 Å². The molecule has 0 aromatic carbocycles. The molecule has 0 aliphatic carbocycles. The van der Waals surface area contributed by atoms with Gasteiger partial charge in [-0.2, -0.15) is 0 Å². The Labute approximate surface area is 63.1 Å². The Hall–Kier alpha value is 0.272. The zero-order valence-corrected chi connectivity index (χ0v) is 5.49. The summed E-state index contributed by atoms with van der Waals surface area (Å²) in [5.74, 6) is 0. The standard InChI is InChI=1S/C7H14.Al.3H/c1-4-5-6-7(2)3;;;;/h6H,4-5H2,1-3H3;;;;. The molecule has 0 atom stereocenters. The summed E-state index contributed by atoms with van der Waals surface area (Å²) < 4.78 is 0. The SMILES string of the molecule is CCCC=C(C)C.[AlH3]. The van der Waals surface area contributed by atoms with E-state index < -0.39 is 0 Å². The van der Waals surface area contributed by atoms with Gasteiger partial charge in [-0.15, -0.1) is 0 Å². The van der Waals surface area contributed by atoms with Gasteiger partial charge in [0.15, 0.2) is 17.4 Å². The molecule has 0 radical (unpaired) electrons. The zero-order chi connectivity index (χ0) is 5.70. The lowest BCUT2D eigenvalue weighted by molar-refractivity contribution is 0.948. The van der Waals surface area contributed by atoms with E-state index in [1.54, 1.807) is 0 Å². The predicted molar refractivity (Wildman–Crippen MR) is 44.3 cm³/mol. The highest BCUT2D eigenvalue weighted by molar-refractivity contribution is 5.75. The van der Waals surface area contributed by atoms with Crippen LogP contribution in [0.2, 0.25) is 0 Å². The smallest absolute Gasteiger partial charge is 0.0859 e. The van der Waals surface area contributed by atoms with Crippen LogP contribution in [0.25, 0.3) is 0 Å². The summed E-state index contributed by atoms with van der Waals surface area (Å²) in [6.07, 6.45) is 4.77. The van der Waals surface area contributed by atoms with E-state index in [0.29, 0.717) is 0 Å². The Bertz CT molecular complexity index is 60.8. The molecule has 0 nitrogen and oxygen atoms in total. The van der Waals surface area contributed by atoms with Gasteiger partial charge in [0.2, 0.25) is 0 Å². The van der Waals surface area contributed by atoms with Crippen molar-refractivity contribution in [1.82, 2.24) is 0 Å². The summed E-state index contributed by atoms with van der Waals surface area (Å²) in [6.45, 7) is 6.46. The van der Waals surface area contributed by atoms with Crippen LogP contribution in [0.4, 0.5) is 0 Å². The van der Waals surface area contributed by atoms with E-state index in [0.717, 1.165) is 0 Å². The van der Waals surface area contributed by atoms with Crippen LogP contribution in [-0.4, -0.2) is 17.4 Å². The molecule has 0 aliphatic heterocycles. The van der Waals surface area contributed by atoms with Gasteiger partial charge in [0.25, 0.3) is 0 Å². The van der Waals surface area contributed by atoms with E-state index in [1.807, 2.05) is 0 Å². The molecule has 0 heterocycles. The van der Waals surface area contributed by atoms with Crippen molar-refractivity contribution < 1.29 is 0 Å². The van der Waals surface area contributed by atoms with Gasteiger partial charge < -0.3 is 0 Å². The van der Waals surface area contributed by atoms with Gasteiger partial charge >= 0.3 is 0 Å². The number of rotatable bonds is 2. The molecule has 0 spiro atoms. The fourth-order valence-electron chi connectivity index (χ4n) is 0.433. The van der Waals surface area contributed by atoms with Gasteiger partial charge in [-0.25, -0.2) is 0 Å². The summed E-state index contributed by atoms with van der Waals surface area (Å²) in [4.78, 5) is 0. The van der Waals surface area contributed by atoms with Crippen LogP contribution in [0.5, 0.6) is 0 Å². The van der Waals surface area contributed by atoms with Crippen molar-refractivity contribution >= 4 is 17.4 Å². The van der Waals surface area contributed by atoms with Gasteiger partial charge in [-0.05, 0) is 20.3 Å². The Morgan fingerprint density at radius 2 is 1.88 bits per heavy atom. The van der Waals surface area contributed by atoms with Gasteiger partial charge in [0.1, 0.15) is 0 Å². The molecule has 0 unspecified atom stereocenters. The summed E-state index contributed by atoms with van der Waals surface area (Å²) in [7, 11) is 0. The third kappa shape index (κ3) is 9.55. The van der Waals surface area contributed by atoms with E-state index >= 15 is 0 Å². The maximum absolute atomic E-state index is 2.26. The van der Waals surface area contributed by atoms with Gasteiger partial charge in [0.05, 0.1) is 0 Å². The monoisotopic (exact) mass is 128 g/mol. The first-order valence-electron chi connectivity index (χ1n) is 2.90. The van der Waals surface area contributed by atoms with Gasteiger partial charge in [-0.3, -0.25) is 0 Å². The van der Waals surface area contributed by atoms with Crippen molar-refractivity contribution in [2.45, 2.75) is 33.6 Å². The number of unbranched alkanes of at least 4 members (excludes halogenated alkanes) is 1. The second-order valence-electron chi connectivity index (χ2n) is 2.07. The van der Waals surface area contributed by atoms with Crippen LogP contribution in [-0.2, 0) is 0 Å². The molecule has 0 amide bonds. The van der Waals surface area contributed by atoms with E-state index in [2.05, 4.69) is 26.8 Å². The van der Waals surface area contributed by atoms with Gasteiger partial charge in [-0.1, -0.05) is 25.0 Å². The normalized spacial score (nSPS) is 7.38. The highest BCUT2D eigenvalue weighted by Crippen LogP contribution is 1.94. The highest BCUT2D eigenvalue weighted by atomic mass is 27.0. The maximum atomic E-state index is 2.26. The first-order chi connectivity index (χ1) is 3.27. The second-order valence-corrected chi connectivity index (χ2v) is 2.07. The highest BCUT2D eigenvalue weighted by Gasteiger charge is 1.73. The summed E-state index contributed by atoms with van der Waals surface area (Å²) in [5.41, 5.74) is 1.43. The first kappa shape index (κ1) is 11.1. The molecule has 48 valence electrons. The zero-order valence-electron chi connectivity index (χ0n) is 5.49. The molecule has 0 rings (SSSR count). The average molecular weight is 128 g/mol. The molecular weight excluding hydrogens is 111 g/mol. The van der Waals surface area contributed by atoms with E-state index in [1.165, 1.54) is 18.4 Å². The minimum atomic E-state index is 0. The molecule has 0 aliphatic rings. The largest absolute Gasteiger partial charge is 0.187 e. The van der Waals surface area contributed by atoms with E-state index in [9.17, 15) is 0 Å². The molecule has 8 heavy (non-hydrogen) atoms. The van der Waals surface area contributed by atoms with Crippen LogP contribution in [0.3, 0.4) is 0 Å². The molecule has 1 heteroatoms. The summed E-state index contributed by atoms with van der Waals surface area (Å²) >= 11 is 0. The Morgan fingerprint density at radius 3 is 2.00 bits per heavy atom. The Balaban J connectivity index is 0. The molecule has 0 saturated carbocycles. The predicted octanol–water partition coefficient (Wildman–Crippen LogP) is 1.57. The summed E-state index contributed by atoms with van der Waals surface area (Å²) in [5, 5.41) is 0. The third-order valence-electron chi connectivity index (χ3n) is 0.841. The van der Waals surface area contributed by atoms with Crippen LogP contribution in [0, 0.1) is 0 Å². The van der Waals surface area contributed by atoms with Crippen LogP contribution in [0.1, 0.15) is 33.6 Å². The minimum Gasteiger partial charge on any atom is -0.0859 e. The van der Waals surface area contributed by atoms with Crippen LogP contribution >= 0.6 is 0 Å². The molecule has 0 bridgehead atoms.